The molecule has 1 aromatic heterocycles. The van der Waals surface area contributed by atoms with Gasteiger partial charge < -0.3 is 15.2 Å². The molecule has 1 aliphatic carbocycles. The Balaban J connectivity index is 1.77. The molecule has 2 N–H and O–H groups in total. The quantitative estimate of drug-likeness (QED) is 0.831. The highest BCUT2D eigenvalue weighted by atomic mass is 16.5. The van der Waals surface area contributed by atoms with Crippen molar-refractivity contribution >= 4 is 5.91 Å². The smallest absolute Gasteiger partial charge is 0.292 e. The van der Waals surface area contributed by atoms with Crippen molar-refractivity contribution in [3.8, 4) is 0 Å². The highest BCUT2D eigenvalue weighted by Crippen LogP contribution is 2.32. The van der Waals surface area contributed by atoms with Gasteiger partial charge in [-0.05, 0) is 38.6 Å². The maximum Gasteiger partial charge on any atom is 0.292 e. The topological polar surface area (TPSA) is 80.1 Å². The summed E-state index contributed by atoms with van der Waals surface area (Å²) in [7, 11) is 0. The van der Waals surface area contributed by atoms with Crippen LogP contribution in [0.15, 0.2) is 4.52 Å². The van der Waals surface area contributed by atoms with E-state index in [9.17, 15) is 4.79 Å². The van der Waals surface area contributed by atoms with Crippen LogP contribution in [0.5, 0.6) is 0 Å². The minimum atomic E-state index is -0.231. The zero-order valence-corrected chi connectivity index (χ0v) is 10.5. The van der Waals surface area contributed by atoms with E-state index in [1.165, 1.54) is 0 Å². The molecule has 6 nitrogen and oxygen atoms in total. The molecular weight excluding hydrogens is 232 g/mol. The van der Waals surface area contributed by atoms with E-state index in [-0.39, 0.29) is 17.3 Å². The normalized spacial score (nSPS) is 27.4. The molecule has 1 unspecified atom stereocenters. The molecule has 2 aliphatic rings. The number of amides is 1. The van der Waals surface area contributed by atoms with Gasteiger partial charge in [-0.3, -0.25) is 4.79 Å². The molecule has 18 heavy (non-hydrogen) atoms. The highest BCUT2D eigenvalue weighted by Gasteiger charge is 2.39. The first kappa shape index (κ1) is 11.6. The van der Waals surface area contributed by atoms with Crippen molar-refractivity contribution in [1.29, 1.82) is 0 Å². The van der Waals surface area contributed by atoms with E-state index >= 15 is 0 Å². The third kappa shape index (κ3) is 2.01. The lowest BCUT2D eigenvalue weighted by molar-refractivity contribution is 0.0937. The van der Waals surface area contributed by atoms with E-state index in [0.717, 1.165) is 38.6 Å². The average molecular weight is 250 g/mol. The van der Waals surface area contributed by atoms with Crippen LogP contribution in [0.1, 0.15) is 55.5 Å². The summed E-state index contributed by atoms with van der Waals surface area (Å²) >= 11 is 0. The van der Waals surface area contributed by atoms with Crippen LogP contribution in [0.3, 0.4) is 0 Å². The number of hydrogen-bond acceptors (Lipinski definition) is 5. The summed E-state index contributed by atoms with van der Waals surface area (Å²) in [5.74, 6) is 0.471. The summed E-state index contributed by atoms with van der Waals surface area (Å²) in [5, 5.41) is 10.1. The van der Waals surface area contributed by atoms with Crippen LogP contribution in [0.2, 0.25) is 0 Å². The maximum absolute atomic E-state index is 11.8. The number of carbonyl (C=O) groups excluding carboxylic acids is 1. The second-order valence-electron chi connectivity index (χ2n) is 5.14. The molecule has 98 valence electrons. The number of hydrogen-bond donors (Lipinski definition) is 2. The molecule has 2 fully saturated rings. The van der Waals surface area contributed by atoms with Gasteiger partial charge in [0.2, 0.25) is 5.89 Å². The lowest BCUT2D eigenvalue weighted by Crippen LogP contribution is -2.36. The van der Waals surface area contributed by atoms with Crippen molar-refractivity contribution in [2.75, 3.05) is 6.54 Å². The van der Waals surface area contributed by atoms with E-state index < -0.39 is 0 Å². The molecule has 0 aromatic carbocycles. The monoisotopic (exact) mass is 250 g/mol. The molecule has 1 atom stereocenters. The fourth-order valence-electron chi connectivity index (χ4n) is 2.43. The van der Waals surface area contributed by atoms with Crippen LogP contribution < -0.4 is 10.6 Å². The first-order valence-electron chi connectivity index (χ1n) is 6.63. The molecule has 6 heteroatoms. The Morgan fingerprint density at radius 3 is 3.06 bits per heavy atom. The third-order valence-corrected chi connectivity index (χ3v) is 3.80. The Kier molecular flexibility index (Phi) is 2.81. The van der Waals surface area contributed by atoms with E-state index in [1.807, 2.05) is 0 Å². The zero-order valence-electron chi connectivity index (χ0n) is 10.5. The van der Waals surface area contributed by atoms with Crippen LogP contribution in [-0.4, -0.2) is 28.6 Å². The molecular formula is C12H18N4O2. The minimum absolute atomic E-state index is 0.151. The molecule has 1 aliphatic heterocycles. The van der Waals surface area contributed by atoms with Crippen molar-refractivity contribution in [2.45, 2.75) is 50.6 Å². The summed E-state index contributed by atoms with van der Waals surface area (Å²) < 4.78 is 5.28. The van der Waals surface area contributed by atoms with E-state index in [0.29, 0.717) is 11.9 Å². The minimum Gasteiger partial charge on any atom is -0.346 e. The molecule has 0 spiro atoms. The lowest BCUT2D eigenvalue weighted by atomic mass is 9.94. The van der Waals surface area contributed by atoms with Gasteiger partial charge in [0.15, 0.2) is 0 Å². The van der Waals surface area contributed by atoms with Crippen molar-refractivity contribution in [2.24, 2.45) is 0 Å². The van der Waals surface area contributed by atoms with Gasteiger partial charge in [-0.1, -0.05) is 12.1 Å². The van der Waals surface area contributed by atoms with E-state index in [1.54, 1.807) is 0 Å². The molecule has 1 aromatic rings. The number of nitrogens with zero attached hydrogens (tertiary/aromatic N) is 2. The standard InChI is InChI=1S/C12H18N4O2/c1-2-12(6-3-7-13-12)11-15-9(16-18-11)10(17)14-8-4-5-8/h8,13H,2-7H2,1H3,(H,14,17). The van der Waals surface area contributed by atoms with Crippen molar-refractivity contribution in [3.63, 3.8) is 0 Å². The van der Waals surface area contributed by atoms with Crippen LogP contribution in [0, 0.1) is 0 Å². The highest BCUT2D eigenvalue weighted by molar-refractivity contribution is 5.90. The van der Waals surface area contributed by atoms with Gasteiger partial charge in [-0.15, -0.1) is 0 Å². The Hall–Kier alpha value is -1.43. The fraction of sp³-hybridized carbons (Fsp3) is 0.750. The Morgan fingerprint density at radius 2 is 2.44 bits per heavy atom. The van der Waals surface area contributed by atoms with Gasteiger partial charge in [0.05, 0.1) is 5.54 Å². The average Bonchev–Trinajstić information content (AvgIpc) is 2.90. The predicted octanol–water partition coefficient (Wildman–Crippen LogP) is 0.950. The summed E-state index contributed by atoms with van der Waals surface area (Å²) in [5.41, 5.74) is -0.231. The first-order valence-corrected chi connectivity index (χ1v) is 6.63. The Morgan fingerprint density at radius 1 is 1.61 bits per heavy atom. The van der Waals surface area contributed by atoms with Gasteiger partial charge in [0, 0.05) is 6.04 Å². The summed E-state index contributed by atoms with van der Waals surface area (Å²) in [6, 6.07) is 0.309. The van der Waals surface area contributed by atoms with Gasteiger partial charge >= 0.3 is 0 Å². The summed E-state index contributed by atoms with van der Waals surface area (Å²) in [6.45, 7) is 3.05. The van der Waals surface area contributed by atoms with Crippen LogP contribution in [0.4, 0.5) is 0 Å². The zero-order chi connectivity index (χ0) is 12.6. The Labute approximate surface area is 106 Å². The SMILES string of the molecule is CCC1(c2nc(C(=O)NC3CC3)no2)CCCN1. The fourth-order valence-corrected chi connectivity index (χ4v) is 2.43. The number of aromatic nitrogens is 2. The summed E-state index contributed by atoms with van der Waals surface area (Å²) in [6.07, 6.45) is 5.07. The van der Waals surface area contributed by atoms with Gasteiger partial charge in [-0.25, -0.2) is 0 Å². The number of nitrogens with one attached hydrogen (secondary N) is 2. The van der Waals surface area contributed by atoms with Crippen LogP contribution in [-0.2, 0) is 5.54 Å². The van der Waals surface area contributed by atoms with E-state index in [4.69, 9.17) is 4.52 Å². The predicted molar refractivity (Wildman–Crippen MR) is 64.0 cm³/mol. The van der Waals surface area contributed by atoms with Crippen molar-refractivity contribution in [1.82, 2.24) is 20.8 Å². The van der Waals surface area contributed by atoms with Gasteiger partial charge in [-0.2, -0.15) is 4.98 Å². The molecule has 3 rings (SSSR count). The molecule has 1 saturated carbocycles. The maximum atomic E-state index is 11.8. The summed E-state index contributed by atoms with van der Waals surface area (Å²) in [4.78, 5) is 16.1. The lowest BCUT2D eigenvalue weighted by Gasteiger charge is -2.22. The molecule has 2 heterocycles. The van der Waals surface area contributed by atoms with E-state index in [2.05, 4.69) is 27.7 Å². The largest absolute Gasteiger partial charge is 0.346 e. The second-order valence-corrected chi connectivity index (χ2v) is 5.14. The number of carbonyl (C=O) groups is 1. The van der Waals surface area contributed by atoms with Crippen LogP contribution >= 0.6 is 0 Å². The third-order valence-electron chi connectivity index (χ3n) is 3.80. The Bertz CT molecular complexity index is 447. The molecule has 0 bridgehead atoms. The molecule has 0 radical (unpaired) electrons. The number of rotatable bonds is 4. The van der Waals surface area contributed by atoms with Gasteiger partial charge in [0.1, 0.15) is 0 Å². The molecule has 1 saturated heterocycles. The van der Waals surface area contributed by atoms with Crippen LogP contribution in [0.25, 0.3) is 0 Å². The molecule has 1 amide bonds. The first-order chi connectivity index (χ1) is 8.73. The second kappa shape index (κ2) is 4.35. The van der Waals surface area contributed by atoms with Crippen molar-refractivity contribution < 1.29 is 9.32 Å². The van der Waals surface area contributed by atoms with Crippen molar-refractivity contribution in [3.05, 3.63) is 11.7 Å². The van der Waals surface area contributed by atoms with Gasteiger partial charge in [0.25, 0.3) is 11.7 Å².